The molecular weight excluding hydrogens is 751 g/mol. The molecule has 0 radical (unpaired) electrons. The molecular formula is C52H95NO7. The van der Waals surface area contributed by atoms with E-state index >= 15 is 0 Å². The number of hydrogen-bond acceptors (Lipinski definition) is 8. The van der Waals surface area contributed by atoms with Crippen LogP contribution >= 0.6 is 0 Å². The predicted octanol–water partition coefficient (Wildman–Crippen LogP) is 13.5. The lowest BCUT2D eigenvalue weighted by atomic mass is 9.75. The zero-order valence-corrected chi connectivity index (χ0v) is 40.3. The third-order valence-corrected chi connectivity index (χ3v) is 12.5. The smallest absolute Gasteiger partial charge is 0.305 e. The van der Waals surface area contributed by atoms with Gasteiger partial charge in [0.2, 0.25) is 0 Å². The number of likely N-dealkylation sites (tertiary alicyclic amines) is 1. The van der Waals surface area contributed by atoms with Gasteiger partial charge in [-0.15, -0.1) is 0 Å². The van der Waals surface area contributed by atoms with Crippen molar-refractivity contribution in [1.29, 1.82) is 0 Å². The van der Waals surface area contributed by atoms with Crippen LogP contribution in [0.25, 0.3) is 0 Å². The number of ether oxygens (including phenoxy) is 4. The summed E-state index contributed by atoms with van der Waals surface area (Å²) in [4.78, 5) is 41.6. The van der Waals surface area contributed by atoms with Crippen LogP contribution in [0.3, 0.4) is 0 Å². The van der Waals surface area contributed by atoms with E-state index in [0.717, 1.165) is 109 Å². The highest BCUT2D eigenvalue weighted by Crippen LogP contribution is 2.33. The maximum atomic E-state index is 13.3. The van der Waals surface area contributed by atoms with Crippen molar-refractivity contribution in [2.75, 3.05) is 46.6 Å². The summed E-state index contributed by atoms with van der Waals surface area (Å²) in [6.07, 6.45) is 34.9. The zero-order chi connectivity index (χ0) is 44.1. The Kier molecular flexibility index (Phi) is 35.0. The first-order chi connectivity index (χ1) is 29.1. The van der Waals surface area contributed by atoms with E-state index in [1.54, 1.807) is 0 Å². The van der Waals surface area contributed by atoms with Gasteiger partial charge in [-0.05, 0) is 122 Å². The molecule has 1 atom stereocenters. The molecule has 1 saturated heterocycles. The number of piperidine rings is 1. The Morgan fingerprint density at radius 3 is 1.57 bits per heavy atom. The molecule has 60 heavy (non-hydrogen) atoms. The molecule has 350 valence electrons. The second-order valence-corrected chi connectivity index (χ2v) is 18.4. The molecule has 1 aliphatic heterocycles. The second-order valence-electron chi connectivity index (χ2n) is 18.4. The number of nitrogens with zero attached hydrogens (tertiary/aromatic N) is 1. The molecule has 0 aromatic heterocycles. The zero-order valence-electron chi connectivity index (χ0n) is 40.3. The van der Waals surface area contributed by atoms with Crippen LogP contribution in [0.5, 0.6) is 0 Å². The third-order valence-electron chi connectivity index (χ3n) is 12.5. The molecule has 1 rings (SSSR count). The fraction of sp³-hybridized carbons (Fsp3) is 0.865. The summed E-state index contributed by atoms with van der Waals surface area (Å²) in [5.74, 6) is 0.659. The molecule has 8 heteroatoms. The van der Waals surface area contributed by atoms with Crippen LogP contribution in [0, 0.1) is 23.2 Å². The number of carbonyl (C=O) groups excluding carboxylic acids is 3. The highest BCUT2D eigenvalue weighted by Gasteiger charge is 2.35. The van der Waals surface area contributed by atoms with Crippen LogP contribution in [0.2, 0.25) is 0 Å². The summed E-state index contributed by atoms with van der Waals surface area (Å²) < 4.78 is 24.3. The van der Waals surface area contributed by atoms with Crippen molar-refractivity contribution in [2.45, 2.75) is 221 Å². The van der Waals surface area contributed by atoms with E-state index < -0.39 is 6.29 Å². The second kappa shape index (κ2) is 37.5. The van der Waals surface area contributed by atoms with Gasteiger partial charge in [0.15, 0.2) is 6.29 Å². The summed E-state index contributed by atoms with van der Waals surface area (Å²) in [7, 11) is 2.11. The summed E-state index contributed by atoms with van der Waals surface area (Å²) in [5, 5.41) is 0. The van der Waals surface area contributed by atoms with Crippen molar-refractivity contribution >= 4 is 17.7 Å². The van der Waals surface area contributed by atoms with Crippen molar-refractivity contribution in [3.05, 3.63) is 24.3 Å². The lowest BCUT2D eigenvalue weighted by Gasteiger charge is -2.36. The molecule has 0 aromatic rings. The van der Waals surface area contributed by atoms with Gasteiger partial charge in [-0.2, -0.15) is 0 Å². The number of allylic oxidation sites excluding steroid dienone is 4. The SMILES string of the molecule is CCCCC/C=C\C/C=C\CCCCCCCC(=O)OCC(CCCC(=O)C1(C)CCN(C)CC1)COC(=O)CCC(OCC(CCC)CCC)OCC(CCC)CCC. The van der Waals surface area contributed by atoms with E-state index in [2.05, 4.69) is 77.8 Å². The highest BCUT2D eigenvalue weighted by molar-refractivity contribution is 5.84. The van der Waals surface area contributed by atoms with Gasteiger partial charge in [0.05, 0.1) is 32.8 Å². The lowest BCUT2D eigenvalue weighted by molar-refractivity contribution is -0.169. The first-order valence-electron chi connectivity index (χ1n) is 25.2. The standard InChI is InChI=1S/C52H95NO7/c1-8-13-14-15-16-17-18-19-20-21-22-23-24-25-26-34-49(55)57-43-47(32-27-33-48(54)52(6)37-39-53(7)40-38-52)44-58-50(56)35-36-51(59-41-45(28-9-2)29-10-3)60-42-46(30-11-4)31-12-5/h16-17,19-20,45-47,51H,8-15,18,21-44H2,1-7H3/b17-16-,20-19-. The van der Waals surface area contributed by atoms with Crippen LogP contribution in [-0.4, -0.2) is 75.5 Å². The number of esters is 2. The molecule has 1 aliphatic rings. The minimum Gasteiger partial charge on any atom is -0.465 e. The first kappa shape index (κ1) is 56.0. The number of Topliss-reactive ketones (excluding diaryl/α,β-unsaturated/α-hetero) is 1. The summed E-state index contributed by atoms with van der Waals surface area (Å²) in [6.45, 7) is 16.8. The van der Waals surface area contributed by atoms with Gasteiger partial charge in [-0.25, -0.2) is 0 Å². The summed E-state index contributed by atoms with van der Waals surface area (Å²) in [5.41, 5.74) is -0.274. The fourth-order valence-electron chi connectivity index (χ4n) is 8.30. The largest absolute Gasteiger partial charge is 0.465 e. The fourth-order valence-corrected chi connectivity index (χ4v) is 8.30. The molecule has 0 N–H and O–H groups in total. The van der Waals surface area contributed by atoms with Gasteiger partial charge in [0.1, 0.15) is 5.78 Å². The van der Waals surface area contributed by atoms with E-state index in [1.807, 2.05) is 0 Å². The molecule has 0 spiro atoms. The Morgan fingerprint density at radius 1 is 0.533 bits per heavy atom. The van der Waals surface area contributed by atoms with Gasteiger partial charge < -0.3 is 23.8 Å². The first-order valence-corrected chi connectivity index (χ1v) is 25.2. The van der Waals surface area contributed by atoms with Crippen molar-refractivity contribution in [3.63, 3.8) is 0 Å². The van der Waals surface area contributed by atoms with Crippen LogP contribution in [0.15, 0.2) is 24.3 Å². The van der Waals surface area contributed by atoms with Crippen LogP contribution < -0.4 is 0 Å². The molecule has 8 nitrogen and oxygen atoms in total. The molecule has 0 bridgehead atoms. The van der Waals surface area contributed by atoms with Crippen LogP contribution in [0.1, 0.15) is 215 Å². The van der Waals surface area contributed by atoms with Crippen molar-refractivity contribution < 1.29 is 33.3 Å². The predicted molar refractivity (Wildman–Crippen MR) is 250 cm³/mol. The molecule has 1 unspecified atom stereocenters. The van der Waals surface area contributed by atoms with Gasteiger partial charge in [0, 0.05) is 30.6 Å². The molecule has 0 aliphatic carbocycles. The average molecular weight is 846 g/mol. The minimum absolute atomic E-state index is 0.156. The van der Waals surface area contributed by atoms with Crippen LogP contribution in [0.4, 0.5) is 0 Å². The number of carbonyl (C=O) groups is 3. The topological polar surface area (TPSA) is 91.4 Å². The van der Waals surface area contributed by atoms with Crippen LogP contribution in [-0.2, 0) is 33.3 Å². The van der Waals surface area contributed by atoms with E-state index in [0.29, 0.717) is 62.9 Å². The summed E-state index contributed by atoms with van der Waals surface area (Å²) in [6, 6.07) is 0. The number of hydrogen-bond donors (Lipinski definition) is 0. The average Bonchev–Trinajstić information content (AvgIpc) is 3.23. The molecule has 1 fully saturated rings. The van der Waals surface area contributed by atoms with Crippen molar-refractivity contribution in [2.24, 2.45) is 23.2 Å². The van der Waals surface area contributed by atoms with Gasteiger partial charge in [-0.1, -0.05) is 124 Å². The van der Waals surface area contributed by atoms with Gasteiger partial charge >= 0.3 is 11.9 Å². The molecule has 0 aromatic carbocycles. The Hall–Kier alpha value is -2.03. The van der Waals surface area contributed by atoms with Crippen molar-refractivity contribution in [3.8, 4) is 0 Å². The van der Waals surface area contributed by atoms with E-state index in [4.69, 9.17) is 18.9 Å². The minimum atomic E-state index is -0.442. The van der Waals surface area contributed by atoms with E-state index in [-0.39, 0.29) is 42.9 Å². The Balaban J connectivity index is 2.66. The summed E-state index contributed by atoms with van der Waals surface area (Å²) >= 11 is 0. The number of ketones is 1. The van der Waals surface area contributed by atoms with Gasteiger partial charge in [0.25, 0.3) is 0 Å². The maximum Gasteiger partial charge on any atom is 0.305 e. The van der Waals surface area contributed by atoms with E-state index in [1.165, 1.54) is 38.5 Å². The van der Waals surface area contributed by atoms with Gasteiger partial charge in [-0.3, -0.25) is 14.4 Å². The normalized spacial score (nSPS) is 15.2. The van der Waals surface area contributed by atoms with Crippen molar-refractivity contribution in [1.82, 2.24) is 4.90 Å². The Morgan fingerprint density at radius 2 is 1.03 bits per heavy atom. The lowest BCUT2D eigenvalue weighted by Crippen LogP contribution is -2.41. The number of rotatable bonds is 40. The number of unbranched alkanes of at least 4 members (excludes halogenated alkanes) is 8. The quantitative estimate of drug-likeness (QED) is 0.0261. The maximum absolute atomic E-state index is 13.3. The third kappa shape index (κ3) is 29.3. The molecule has 0 saturated carbocycles. The highest BCUT2D eigenvalue weighted by atomic mass is 16.7. The molecule has 0 amide bonds. The Labute approximate surface area is 370 Å². The Bertz CT molecular complexity index is 1080. The van der Waals surface area contributed by atoms with E-state index in [9.17, 15) is 14.4 Å². The molecule has 1 heterocycles. The monoisotopic (exact) mass is 846 g/mol.